The third kappa shape index (κ3) is 10.3. The van der Waals surface area contributed by atoms with Gasteiger partial charge >= 0.3 is 0 Å². The van der Waals surface area contributed by atoms with Gasteiger partial charge in [-0.15, -0.1) is 0 Å². The lowest BCUT2D eigenvalue weighted by Gasteiger charge is -2.43. The van der Waals surface area contributed by atoms with Gasteiger partial charge in [0.25, 0.3) is 0 Å². The molecule has 0 saturated heterocycles. The Morgan fingerprint density at radius 1 is 0.305 bits per heavy atom. The molecule has 398 valence electrons. The maximum atomic E-state index is 5.48. The summed E-state index contributed by atoms with van der Waals surface area (Å²) in [4.78, 5) is 0. The Hall–Kier alpha value is -9.90. The highest BCUT2D eigenvalue weighted by atomic mass is 16.5. The van der Waals surface area contributed by atoms with Crippen LogP contribution < -0.4 is 18.9 Å². The second-order valence-electron chi connectivity index (χ2n) is 21.4. The molecule has 10 aromatic rings. The SMILES string of the molecule is COc1ccc(-c2ccc(-c3cc(C4=C5C=CC=CC5C(c5cc(-c6ccc(-c7ccc(OC)cc7)cc6)cc(-c6ccc(-c7ccc(OC)cc7)cc6)c5)C5CC=CC=C45)cc(-c4ccc(-c5ccc(OC)cc5)cc4)c3)cc2)cc1. The van der Waals surface area contributed by atoms with E-state index in [1.807, 2.05) is 48.5 Å². The van der Waals surface area contributed by atoms with E-state index >= 15 is 0 Å². The zero-order valence-electron chi connectivity index (χ0n) is 46.6. The molecular weight excluding hydrogens is 1000 g/mol. The third-order valence-corrected chi connectivity index (χ3v) is 16.8. The molecule has 3 aliphatic rings. The highest BCUT2D eigenvalue weighted by molar-refractivity contribution is 5.92. The van der Waals surface area contributed by atoms with Crippen molar-refractivity contribution in [1.82, 2.24) is 0 Å². The largest absolute Gasteiger partial charge is 0.497 e. The first-order chi connectivity index (χ1) is 40.4. The summed E-state index contributed by atoms with van der Waals surface area (Å²) in [6.07, 6.45) is 17.4. The molecule has 0 amide bonds. The van der Waals surface area contributed by atoms with Crippen molar-refractivity contribution in [2.45, 2.75) is 12.3 Å². The van der Waals surface area contributed by atoms with Crippen molar-refractivity contribution in [3.63, 3.8) is 0 Å². The number of allylic oxidation sites excluding steroid dienone is 10. The average Bonchev–Trinajstić information content (AvgIpc) is 3.63. The molecule has 0 heterocycles. The van der Waals surface area contributed by atoms with Crippen molar-refractivity contribution in [1.29, 1.82) is 0 Å². The van der Waals surface area contributed by atoms with Crippen LogP contribution in [0.5, 0.6) is 23.0 Å². The van der Waals surface area contributed by atoms with E-state index in [0.717, 1.165) is 85.1 Å². The van der Waals surface area contributed by atoms with Gasteiger partial charge in [-0.1, -0.05) is 200 Å². The first-order valence-corrected chi connectivity index (χ1v) is 28.2. The van der Waals surface area contributed by atoms with Crippen LogP contribution in [0.15, 0.2) is 284 Å². The van der Waals surface area contributed by atoms with Crippen LogP contribution in [-0.4, -0.2) is 28.4 Å². The molecule has 3 unspecified atom stereocenters. The third-order valence-electron chi connectivity index (χ3n) is 16.8. The minimum absolute atomic E-state index is 0.117. The van der Waals surface area contributed by atoms with Crippen LogP contribution in [0.1, 0.15) is 23.5 Å². The fourth-order valence-electron chi connectivity index (χ4n) is 12.4. The molecule has 3 aliphatic carbocycles. The van der Waals surface area contributed by atoms with Crippen molar-refractivity contribution in [3.8, 4) is 112 Å². The first kappa shape index (κ1) is 51.5. The van der Waals surface area contributed by atoms with Gasteiger partial charge in [0.1, 0.15) is 23.0 Å². The molecule has 4 heteroatoms. The van der Waals surface area contributed by atoms with Crippen molar-refractivity contribution in [2.24, 2.45) is 11.8 Å². The maximum Gasteiger partial charge on any atom is 0.118 e. The molecular formula is C78H62O4. The number of rotatable bonds is 14. The number of methoxy groups -OCH3 is 4. The summed E-state index contributed by atoms with van der Waals surface area (Å²) in [7, 11) is 6.83. The fourth-order valence-corrected chi connectivity index (χ4v) is 12.4. The molecule has 0 saturated carbocycles. The van der Waals surface area contributed by atoms with Crippen LogP contribution in [0.4, 0.5) is 0 Å². The van der Waals surface area contributed by atoms with Crippen LogP contribution in [0.2, 0.25) is 0 Å². The molecule has 0 bridgehead atoms. The summed E-state index contributed by atoms with van der Waals surface area (Å²) in [6.45, 7) is 0. The molecule has 0 aliphatic heterocycles. The molecule has 82 heavy (non-hydrogen) atoms. The van der Waals surface area contributed by atoms with Crippen molar-refractivity contribution < 1.29 is 18.9 Å². The number of fused-ring (bicyclic) bond motifs is 2. The van der Waals surface area contributed by atoms with Gasteiger partial charge in [0, 0.05) is 11.8 Å². The predicted molar refractivity (Wildman–Crippen MR) is 339 cm³/mol. The van der Waals surface area contributed by atoms with E-state index in [1.54, 1.807) is 28.4 Å². The van der Waals surface area contributed by atoms with E-state index in [4.69, 9.17) is 18.9 Å². The standard InChI is InChI=1S/C78H62O4/c1-79-69-37-29-55(30-38-69)51-13-21-59(22-14-51)63-45-64(60-23-15-52(16-24-60)56-31-39-70(80-2)40-32-56)48-67(47-63)77-73-9-5-7-11-75(73)78(76-12-8-6-10-74(76)77)68-49-65(61-25-17-53(18-26-61)57-33-41-71(81-3)42-34-57)46-66(50-68)62-27-19-54(20-28-62)58-35-43-72(82-4)44-36-58/h5-11,13-50,75-76,78H,12H2,1-4H3. The maximum absolute atomic E-state index is 5.48. The lowest BCUT2D eigenvalue weighted by atomic mass is 9.60. The molecule has 4 nitrogen and oxygen atoms in total. The monoisotopic (exact) mass is 1060 g/mol. The van der Waals surface area contributed by atoms with Gasteiger partial charge in [0.2, 0.25) is 0 Å². The Balaban J connectivity index is 0.933. The molecule has 0 spiro atoms. The molecule has 13 rings (SSSR count). The van der Waals surface area contributed by atoms with E-state index in [0.29, 0.717) is 0 Å². The fraction of sp³-hybridized carbons (Fsp3) is 0.103. The Bertz CT molecular complexity index is 3870. The lowest BCUT2D eigenvalue weighted by molar-refractivity contribution is 0.415. The summed E-state index contributed by atoms with van der Waals surface area (Å²) < 4.78 is 21.9. The number of hydrogen-bond acceptors (Lipinski definition) is 4. The van der Waals surface area contributed by atoms with Crippen LogP contribution in [0.25, 0.3) is 94.6 Å². The van der Waals surface area contributed by atoms with E-state index in [-0.39, 0.29) is 17.8 Å². The van der Waals surface area contributed by atoms with Crippen LogP contribution in [0.3, 0.4) is 0 Å². The topological polar surface area (TPSA) is 36.9 Å². The summed E-state index contributed by atoms with van der Waals surface area (Å²) >= 11 is 0. The average molecular weight is 1060 g/mol. The second kappa shape index (κ2) is 22.7. The van der Waals surface area contributed by atoms with Gasteiger partial charge in [0.15, 0.2) is 0 Å². The van der Waals surface area contributed by atoms with Crippen molar-refractivity contribution in [3.05, 3.63) is 295 Å². The smallest absolute Gasteiger partial charge is 0.118 e. The first-order valence-electron chi connectivity index (χ1n) is 28.2. The minimum Gasteiger partial charge on any atom is -0.497 e. The Morgan fingerprint density at radius 3 is 0.927 bits per heavy atom. The minimum atomic E-state index is 0.117. The van der Waals surface area contributed by atoms with Gasteiger partial charge < -0.3 is 18.9 Å². The molecule has 0 radical (unpaired) electrons. The molecule has 3 atom stereocenters. The van der Waals surface area contributed by atoms with Crippen molar-refractivity contribution in [2.75, 3.05) is 28.4 Å². The van der Waals surface area contributed by atoms with Crippen LogP contribution in [0, 0.1) is 11.8 Å². The predicted octanol–water partition coefficient (Wildman–Crippen LogP) is 19.9. The summed E-state index contributed by atoms with van der Waals surface area (Å²) in [5, 5.41) is 0. The van der Waals surface area contributed by atoms with E-state index in [1.165, 1.54) is 61.2 Å². The quantitative estimate of drug-likeness (QED) is 0.109. The Kier molecular flexibility index (Phi) is 14.3. The zero-order chi connectivity index (χ0) is 55.5. The zero-order valence-corrected chi connectivity index (χ0v) is 46.6. The van der Waals surface area contributed by atoms with E-state index in [9.17, 15) is 0 Å². The normalized spacial score (nSPS) is 16.0. The lowest BCUT2D eigenvalue weighted by Crippen LogP contribution is -2.30. The van der Waals surface area contributed by atoms with Crippen molar-refractivity contribution >= 4 is 5.57 Å². The number of ether oxygens (including phenoxy) is 4. The molecule has 0 N–H and O–H groups in total. The molecule has 10 aromatic carbocycles. The van der Waals surface area contributed by atoms with Gasteiger partial charge in [-0.25, -0.2) is 0 Å². The number of hydrogen-bond donors (Lipinski definition) is 0. The Morgan fingerprint density at radius 2 is 0.598 bits per heavy atom. The molecule has 0 fully saturated rings. The van der Waals surface area contributed by atoms with Crippen LogP contribution >= 0.6 is 0 Å². The second-order valence-corrected chi connectivity index (χ2v) is 21.4. The van der Waals surface area contributed by atoms with E-state index in [2.05, 4.69) is 225 Å². The number of benzene rings is 10. The molecule has 0 aromatic heterocycles. The summed E-state index contributed by atoms with van der Waals surface area (Å²) in [5.41, 5.74) is 25.3. The highest BCUT2D eigenvalue weighted by Gasteiger charge is 2.41. The summed E-state index contributed by atoms with van der Waals surface area (Å²) in [5.74, 6) is 3.88. The highest BCUT2D eigenvalue weighted by Crippen LogP contribution is 2.56. The van der Waals surface area contributed by atoms with Gasteiger partial charge in [0.05, 0.1) is 28.4 Å². The Labute approximate surface area is 482 Å². The van der Waals surface area contributed by atoms with E-state index < -0.39 is 0 Å². The van der Waals surface area contributed by atoms with Gasteiger partial charge in [-0.3, -0.25) is 0 Å². The van der Waals surface area contributed by atoms with Gasteiger partial charge in [-0.2, -0.15) is 0 Å². The summed E-state index contributed by atoms with van der Waals surface area (Å²) in [6, 6.07) is 83.9. The van der Waals surface area contributed by atoms with Gasteiger partial charge in [-0.05, 0) is 202 Å². The van der Waals surface area contributed by atoms with Crippen LogP contribution in [-0.2, 0) is 0 Å².